The number of halogens is 2. The van der Waals surface area contributed by atoms with Gasteiger partial charge in [-0.25, -0.2) is 9.37 Å². The van der Waals surface area contributed by atoms with Crippen molar-refractivity contribution in [2.75, 3.05) is 19.6 Å². The largest absolute Gasteiger partial charge is 0.357 e. The van der Waals surface area contributed by atoms with Gasteiger partial charge in [-0.2, -0.15) is 0 Å². The summed E-state index contributed by atoms with van der Waals surface area (Å²) in [4.78, 5) is 10.3. The highest BCUT2D eigenvalue weighted by molar-refractivity contribution is 14.0. The van der Waals surface area contributed by atoms with E-state index in [1.165, 1.54) is 10.9 Å². The number of thiazole rings is 1. The van der Waals surface area contributed by atoms with Crippen LogP contribution >= 0.6 is 35.3 Å². The van der Waals surface area contributed by atoms with Crippen LogP contribution in [0.4, 0.5) is 4.39 Å². The SMILES string of the molecule is CCNC(=NCCc1sc(C)nc1C)NCCc1cccc(F)c1.I. The van der Waals surface area contributed by atoms with Crippen LogP contribution in [0.2, 0.25) is 0 Å². The fourth-order valence-corrected chi connectivity index (χ4v) is 3.36. The van der Waals surface area contributed by atoms with Crippen LogP contribution in [0.1, 0.15) is 28.1 Å². The van der Waals surface area contributed by atoms with Crippen molar-refractivity contribution in [1.29, 1.82) is 0 Å². The Hall–Kier alpha value is -1.22. The smallest absolute Gasteiger partial charge is 0.191 e. The summed E-state index contributed by atoms with van der Waals surface area (Å²) in [6, 6.07) is 6.71. The zero-order valence-corrected chi connectivity index (χ0v) is 18.1. The van der Waals surface area contributed by atoms with E-state index in [4.69, 9.17) is 0 Å². The average molecular weight is 476 g/mol. The molecule has 0 aliphatic heterocycles. The van der Waals surface area contributed by atoms with Gasteiger partial charge in [0.15, 0.2) is 5.96 Å². The summed E-state index contributed by atoms with van der Waals surface area (Å²) in [5, 5.41) is 7.64. The van der Waals surface area contributed by atoms with Crippen molar-refractivity contribution in [3.8, 4) is 0 Å². The summed E-state index contributed by atoms with van der Waals surface area (Å²) in [5.41, 5.74) is 2.09. The number of aryl methyl sites for hydroxylation is 2. The Morgan fingerprint density at radius 3 is 2.68 bits per heavy atom. The van der Waals surface area contributed by atoms with Crippen LogP contribution in [-0.2, 0) is 12.8 Å². The van der Waals surface area contributed by atoms with E-state index in [-0.39, 0.29) is 29.8 Å². The van der Waals surface area contributed by atoms with E-state index in [0.29, 0.717) is 6.54 Å². The minimum absolute atomic E-state index is 0. The summed E-state index contributed by atoms with van der Waals surface area (Å²) in [6.07, 6.45) is 1.66. The number of hydrogen-bond acceptors (Lipinski definition) is 3. The van der Waals surface area contributed by atoms with Gasteiger partial charge in [0, 0.05) is 30.9 Å². The van der Waals surface area contributed by atoms with Crippen molar-refractivity contribution in [3.05, 3.63) is 51.2 Å². The molecule has 0 fully saturated rings. The first-order valence-electron chi connectivity index (χ1n) is 8.28. The quantitative estimate of drug-likeness (QED) is 0.363. The molecule has 2 N–H and O–H groups in total. The Balaban J connectivity index is 0.00000312. The number of guanidine groups is 1. The van der Waals surface area contributed by atoms with Crippen LogP contribution in [-0.4, -0.2) is 30.6 Å². The van der Waals surface area contributed by atoms with Gasteiger partial charge in [0.2, 0.25) is 0 Å². The molecule has 0 unspecified atom stereocenters. The molecular weight excluding hydrogens is 450 g/mol. The van der Waals surface area contributed by atoms with Crippen molar-refractivity contribution >= 4 is 41.3 Å². The first kappa shape index (κ1) is 21.8. The van der Waals surface area contributed by atoms with E-state index in [9.17, 15) is 4.39 Å². The normalized spacial score (nSPS) is 11.1. The molecule has 4 nitrogen and oxygen atoms in total. The topological polar surface area (TPSA) is 49.3 Å². The van der Waals surface area contributed by atoms with Gasteiger partial charge in [0.1, 0.15) is 5.82 Å². The van der Waals surface area contributed by atoms with Gasteiger partial charge in [-0.05, 0) is 44.9 Å². The van der Waals surface area contributed by atoms with Crippen LogP contribution in [0.3, 0.4) is 0 Å². The highest BCUT2D eigenvalue weighted by Gasteiger charge is 2.04. The van der Waals surface area contributed by atoms with Gasteiger partial charge in [-0.15, -0.1) is 35.3 Å². The molecule has 0 amide bonds. The molecule has 0 radical (unpaired) electrons. The van der Waals surface area contributed by atoms with Crippen LogP contribution in [0.25, 0.3) is 0 Å². The van der Waals surface area contributed by atoms with Crippen LogP contribution < -0.4 is 10.6 Å². The third kappa shape index (κ3) is 7.68. The molecule has 0 spiro atoms. The summed E-state index contributed by atoms with van der Waals surface area (Å²) in [7, 11) is 0. The third-order valence-electron chi connectivity index (χ3n) is 3.55. The van der Waals surface area contributed by atoms with Crippen LogP contribution in [0, 0.1) is 19.7 Å². The predicted molar refractivity (Wildman–Crippen MR) is 115 cm³/mol. The molecule has 2 rings (SSSR count). The highest BCUT2D eigenvalue weighted by Crippen LogP contribution is 2.17. The lowest BCUT2D eigenvalue weighted by Gasteiger charge is -2.11. The molecule has 0 bridgehead atoms. The molecule has 1 aromatic carbocycles. The molecule has 0 aliphatic rings. The van der Waals surface area contributed by atoms with Gasteiger partial charge in [-0.3, -0.25) is 4.99 Å². The molecule has 2 aromatic rings. The zero-order chi connectivity index (χ0) is 17.4. The van der Waals surface area contributed by atoms with E-state index < -0.39 is 0 Å². The van der Waals surface area contributed by atoms with E-state index in [1.54, 1.807) is 23.5 Å². The van der Waals surface area contributed by atoms with Crippen LogP contribution in [0.5, 0.6) is 0 Å². The van der Waals surface area contributed by atoms with E-state index in [1.807, 2.05) is 26.8 Å². The van der Waals surface area contributed by atoms with Gasteiger partial charge < -0.3 is 10.6 Å². The summed E-state index contributed by atoms with van der Waals surface area (Å²) < 4.78 is 13.2. The Morgan fingerprint density at radius 2 is 2.04 bits per heavy atom. The number of rotatable bonds is 7. The molecule has 7 heteroatoms. The maximum Gasteiger partial charge on any atom is 0.191 e. The summed E-state index contributed by atoms with van der Waals surface area (Å²) in [5.74, 6) is 0.607. The zero-order valence-electron chi connectivity index (χ0n) is 14.9. The number of aliphatic imine (C=N–C) groups is 1. The fraction of sp³-hybridized carbons (Fsp3) is 0.444. The van der Waals surface area contributed by atoms with Crippen molar-refractivity contribution in [2.24, 2.45) is 4.99 Å². The van der Waals surface area contributed by atoms with Crippen molar-refractivity contribution < 1.29 is 4.39 Å². The fourth-order valence-electron chi connectivity index (χ4n) is 2.43. The molecular formula is C18H26FIN4S. The molecule has 0 atom stereocenters. The second kappa shape index (κ2) is 11.4. The van der Waals surface area contributed by atoms with Gasteiger partial charge in [-0.1, -0.05) is 12.1 Å². The Morgan fingerprint density at radius 1 is 1.24 bits per heavy atom. The maximum atomic E-state index is 13.2. The molecule has 1 aromatic heterocycles. The predicted octanol–water partition coefficient (Wildman–Crippen LogP) is 3.86. The van der Waals surface area contributed by atoms with Crippen molar-refractivity contribution in [2.45, 2.75) is 33.6 Å². The Bertz CT molecular complexity index is 687. The summed E-state index contributed by atoms with van der Waals surface area (Å²) in [6.45, 7) is 8.37. The lowest BCUT2D eigenvalue weighted by Crippen LogP contribution is -2.38. The van der Waals surface area contributed by atoms with Gasteiger partial charge >= 0.3 is 0 Å². The third-order valence-corrected chi connectivity index (χ3v) is 4.68. The molecule has 25 heavy (non-hydrogen) atoms. The Labute approximate surface area is 170 Å². The molecule has 0 saturated heterocycles. The number of nitrogens with zero attached hydrogens (tertiary/aromatic N) is 2. The first-order valence-corrected chi connectivity index (χ1v) is 9.09. The number of nitrogens with one attached hydrogen (secondary N) is 2. The van der Waals surface area contributed by atoms with Gasteiger partial charge in [0.05, 0.1) is 10.7 Å². The minimum atomic E-state index is -0.191. The van der Waals surface area contributed by atoms with Gasteiger partial charge in [0.25, 0.3) is 0 Å². The molecule has 0 aliphatic carbocycles. The number of hydrogen-bond donors (Lipinski definition) is 2. The highest BCUT2D eigenvalue weighted by atomic mass is 127. The minimum Gasteiger partial charge on any atom is -0.357 e. The Kier molecular flexibility index (Phi) is 9.96. The number of benzene rings is 1. The molecule has 0 saturated carbocycles. The molecule has 1 heterocycles. The van der Waals surface area contributed by atoms with E-state index in [2.05, 4.69) is 20.6 Å². The number of aromatic nitrogens is 1. The monoisotopic (exact) mass is 476 g/mol. The van der Waals surface area contributed by atoms with Crippen LogP contribution in [0.15, 0.2) is 29.3 Å². The molecule has 138 valence electrons. The van der Waals surface area contributed by atoms with Crippen molar-refractivity contribution in [3.63, 3.8) is 0 Å². The average Bonchev–Trinajstić information content (AvgIpc) is 2.85. The second-order valence-electron chi connectivity index (χ2n) is 5.56. The van der Waals surface area contributed by atoms with E-state index in [0.717, 1.165) is 48.2 Å². The second-order valence-corrected chi connectivity index (χ2v) is 6.85. The van der Waals surface area contributed by atoms with Crippen molar-refractivity contribution in [1.82, 2.24) is 15.6 Å². The lowest BCUT2D eigenvalue weighted by molar-refractivity contribution is 0.625. The standard InChI is InChI=1S/C18H25FN4S.HI/c1-4-20-18(21-10-8-15-6-5-7-16(19)12-15)22-11-9-17-13(2)23-14(3)24-17;/h5-7,12H,4,8-11H2,1-3H3,(H2,20,21,22);1H. The summed E-state index contributed by atoms with van der Waals surface area (Å²) >= 11 is 1.74. The van der Waals surface area contributed by atoms with E-state index >= 15 is 0 Å². The first-order chi connectivity index (χ1) is 11.6. The maximum absolute atomic E-state index is 13.2. The lowest BCUT2D eigenvalue weighted by atomic mass is 10.1.